The Bertz CT molecular complexity index is 472. The average molecular weight is 272 g/mol. The lowest BCUT2D eigenvalue weighted by atomic mass is 10.0. The third kappa shape index (κ3) is 2.48. The second-order valence-electron chi connectivity index (χ2n) is 4.19. The maximum atomic E-state index is 11.9. The van der Waals surface area contributed by atoms with Gasteiger partial charge in [-0.3, -0.25) is 9.89 Å². The molecular formula is C11H14ClN3O3. The molecule has 0 spiro atoms. The van der Waals surface area contributed by atoms with Crippen LogP contribution in [-0.2, 0) is 17.8 Å². The summed E-state index contributed by atoms with van der Waals surface area (Å²) in [5, 5.41) is 15.5. The van der Waals surface area contributed by atoms with Crippen LogP contribution in [0.25, 0.3) is 0 Å². The Morgan fingerprint density at radius 3 is 2.94 bits per heavy atom. The number of rotatable bonds is 4. The van der Waals surface area contributed by atoms with Gasteiger partial charge in [-0.2, -0.15) is 5.10 Å². The zero-order valence-corrected chi connectivity index (χ0v) is 10.5. The Morgan fingerprint density at radius 1 is 1.50 bits per heavy atom. The first-order chi connectivity index (χ1) is 8.63. The van der Waals surface area contributed by atoms with Crippen molar-refractivity contribution in [1.82, 2.24) is 15.1 Å². The monoisotopic (exact) mass is 271 g/mol. The fourth-order valence-corrected chi connectivity index (χ4v) is 2.19. The van der Waals surface area contributed by atoms with Crippen molar-refractivity contribution in [2.45, 2.75) is 25.8 Å². The van der Waals surface area contributed by atoms with Gasteiger partial charge in [-0.15, -0.1) is 11.6 Å². The molecule has 2 heterocycles. The third-order valence-electron chi connectivity index (χ3n) is 3.01. The number of carbonyl (C=O) groups is 2. The Hall–Kier alpha value is -1.56. The van der Waals surface area contributed by atoms with Crippen molar-refractivity contribution in [3.8, 4) is 0 Å². The minimum atomic E-state index is -1.07. The number of hydrogen-bond acceptors (Lipinski definition) is 3. The number of halogens is 1. The van der Waals surface area contributed by atoms with Gasteiger partial charge in [0.25, 0.3) is 0 Å². The number of aromatic carboxylic acids is 1. The summed E-state index contributed by atoms with van der Waals surface area (Å²) in [6.45, 7) is 0.907. The van der Waals surface area contributed by atoms with Crippen LogP contribution in [0.15, 0.2) is 0 Å². The van der Waals surface area contributed by atoms with E-state index in [1.54, 1.807) is 4.90 Å². The lowest BCUT2D eigenvalue weighted by Gasteiger charge is -2.26. The summed E-state index contributed by atoms with van der Waals surface area (Å²) in [6, 6.07) is 0. The van der Waals surface area contributed by atoms with E-state index in [-0.39, 0.29) is 11.6 Å². The largest absolute Gasteiger partial charge is 0.476 e. The molecule has 0 aromatic carbocycles. The molecule has 98 valence electrons. The van der Waals surface area contributed by atoms with Crippen molar-refractivity contribution >= 4 is 23.5 Å². The molecule has 1 aliphatic rings. The number of nitrogens with one attached hydrogen (secondary N) is 1. The van der Waals surface area contributed by atoms with E-state index in [1.807, 2.05) is 0 Å². The van der Waals surface area contributed by atoms with E-state index in [4.69, 9.17) is 16.7 Å². The summed E-state index contributed by atoms with van der Waals surface area (Å²) < 4.78 is 0. The van der Waals surface area contributed by atoms with Gasteiger partial charge in [0.1, 0.15) is 0 Å². The smallest absolute Gasteiger partial charge is 0.356 e. The molecular weight excluding hydrogens is 258 g/mol. The van der Waals surface area contributed by atoms with Crippen molar-refractivity contribution in [3.05, 3.63) is 17.0 Å². The summed E-state index contributed by atoms with van der Waals surface area (Å²) in [4.78, 5) is 24.5. The lowest BCUT2D eigenvalue weighted by molar-refractivity contribution is -0.132. The summed E-state index contributed by atoms with van der Waals surface area (Å²) in [5.74, 6) is -0.599. The van der Waals surface area contributed by atoms with Crippen molar-refractivity contribution in [2.24, 2.45) is 0 Å². The number of carboxylic acid groups (broad SMARTS) is 1. The highest BCUT2D eigenvalue weighted by molar-refractivity contribution is 6.17. The van der Waals surface area contributed by atoms with Gasteiger partial charge in [-0.05, 0) is 6.42 Å². The van der Waals surface area contributed by atoms with Crippen LogP contribution in [0.5, 0.6) is 0 Å². The standard InChI is InChI=1S/C11H14ClN3O3/c12-4-1-2-9(16)15-5-3-8-7(6-15)10(11(17)18)14-13-8/h1-6H2,(H,13,14)(H,17,18). The van der Waals surface area contributed by atoms with Gasteiger partial charge in [0.2, 0.25) is 5.91 Å². The normalized spacial score (nSPS) is 14.4. The van der Waals surface area contributed by atoms with Gasteiger partial charge < -0.3 is 10.0 Å². The molecule has 2 N–H and O–H groups in total. The maximum Gasteiger partial charge on any atom is 0.356 e. The molecule has 2 rings (SSSR count). The zero-order valence-electron chi connectivity index (χ0n) is 9.78. The molecule has 0 aliphatic carbocycles. The molecule has 1 aromatic rings. The molecule has 1 aliphatic heterocycles. The van der Waals surface area contributed by atoms with E-state index in [0.29, 0.717) is 43.8 Å². The van der Waals surface area contributed by atoms with Crippen molar-refractivity contribution < 1.29 is 14.7 Å². The van der Waals surface area contributed by atoms with Crippen molar-refractivity contribution in [3.63, 3.8) is 0 Å². The van der Waals surface area contributed by atoms with Crippen LogP contribution in [0.3, 0.4) is 0 Å². The van der Waals surface area contributed by atoms with Crippen LogP contribution in [0.2, 0.25) is 0 Å². The number of carboxylic acids is 1. The zero-order chi connectivity index (χ0) is 13.1. The predicted octanol–water partition coefficient (Wildman–Crippen LogP) is 1.01. The highest BCUT2D eigenvalue weighted by atomic mass is 35.5. The molecule has 0 saturated carbocycles. The SMILES string of the molecule is O=C(O)c1n[nH]c2c1CN(C(=O)CCCCl)CC2. The third-order valence-corrected chi connectivity index (χ3v) is 3.28. The highest BCUT2D eigenvalue weighted by Crippen LogP contribution is 2.21. The molecule has 1 aromatic heterocycles. The summed E-state index contributed by atoms with van der Waals surface area (Å²) >= 11 is 5.55. The van der Waals surface area contributed by atoms with E-state index >= 15 is 0 Å². The van der Waals surface area contributed by atoms with Crippen molar-refractivity contribution in [2.75, 3.05) is 12.4 Å². The van der Waals surface area contributed by atoms with Crippen LogP contribution >= 0.6 is 11.6 Å². The number of carbonyl (C=O) groups excluding carboxylic acids is 1. The first kappa shape index (κ1) is 12.9. The second-order valence-corrected chi connectivity index (χ2v) is 4.57. The number of fused-ring (bicyclic) bond motifs is 1. The number of hydrogen-bond donors (Lipinski definition) is 2. The van der Waals surface area contributed by atoms with Crippen LogP contribution in [0.4, 0.5) is 0 Å². The molecule has 0 unspecified atom stereocenters. The summed E-state index contributed by atoms with van der Waals surface area (Å²) in [5.41, 5.74) is 1.45. The molecule has 0 atom stereocenters. The number of nitrogens with zero attached hydrogens (tertiary/aromatic N) is 2. The first-order valence-electron chi connectivity index (χ1n) is 5.76. The van der Waals surface area contributed by atoms with E-state index in [0.717, 1.165) is 5.69 Å². The molecule has 6 nitrogen and oxygen atoms in total. The lowest BCUT2D eigenvalue weighted by Crippen LogP contribution is -2.36. The van der Waals surface area contributed by atoms with Crippen LogP contribution in [0.1, 0.15) is 34.6 Å². The first-order valence-corrected chi connectivity index (χ1v) is 6.30. The second kappa shape index (κ2) is 5.39. The van der Waals surface area contributed by atoms with E-state index < -0.39 is 5.97 Å². The van der Waals surface area contributed by atoms with Gasteiger partial charge in [0.05, 0.1) is 0 Å². The summed E-state index contributed by atoms with van der Waals surface area (Å²) in [7, 11) is 0. The van der Waals surface area contributed by atoms with Gasteiger partial charge in [-0.1, -0.05) is 0 Å². The highest BCUT2D eigenvalue weighted by Gasteiger charge is 2.27. The van der Waals surface area contributed by atoms with Gasteiger partial charge in [-0.25, -0.2) is 4.79 Å². The van der Waals surface area contributed by atoms with Gasteiger partial charge >= 0.3 is 5.97 Å². The number of amides is 1. The number of aromatic nitrogens is 2. The Balaban J connectivity index is 2.11. The number of aromatic amines is 1. The Labute approximate surface area is 109 Å². The minimum absolute atomic E-state index is 0.0128. The molecule has 0 fully saturated rings. The molecule has 0 bridgehead atoms. The fraction of sp³-hybridized carbons (Fsp3) is 0.545. The fourth-order valence-electron chi connectivity index (χ4n) is 2.06. The summed E-state index contributed by atoms with van der Waals surface area (Å²) in [6.07, 6.45) is 1.65. The van der Waals surface area contributed by atoms with Crippen molar-refractivity contribution in [1.29, 1.82) is 0 Å². The topological polar surface area (TPSA) is 86.3 Å². The molecule has 0 saturated heterocycles. The predicted molar refractivity (Wildman–Crippen MR) is 64.6 cm³/mol. The van der Waals surface area contributed by atoms with E-state index in [2.05, 4.69) is 10.2 Å². The minimum Gasteiger partial charge on any atom is -0.476 e. The molecule has 18 heavy (non-hydrogen) atoms. The molecule has 7 heteroatoms. The average Bonchev–Trinajstić information content (AvgIpc) is 2.78. The van der Waals surface area contributed by atoms with Gasteiger partial charge in [0.15, 0.2) is 5.69 Å². The molecule has 1 amide bonds. The van der Waals surface area contributed by atoms with E-state index in [9.17, 15) is 9.59 Å². The quantitative estimate of drug-likeness (QED) is 0.800. The van der Waals surface area contributed by atoms with Gasteiger partial charge in [0, 0.05) is 43.1 Å². The number of alkyl halides is 1. The van der Waals surface area contributed by atoms with E-state index in [1.165, 1.54) is 0 Å². The molecule has 0 radical (unpaired) electrons. The Kier molecular flexibility index (Phi) is 3.86. The maximum absolute atomic E-state index is 11.9. The van der Waals surface area contributed by atoms with Crippen LogP contribution in [0, 0.1) is 0 Å². The van der Waals surface area contributed by atoms with Crippen LogP contribution in [-0.4, -0.2) is 44.5 Å². The Morgan fingerprint density at radius 2 is 2.28 bits per heavy atom. The van der Waals surface area contributed by atoms with Crippen LogP contribution < -0.4 is 0 Å². The number of H-pyrrole nitrogens is 1.